The number of hydrogen-bond acceptors (Lipinski definition) is 3. The average Bonchev–Trinajstić information content (AvgIpc) is 2.38. The fourth-order valence-corrected chi connectivity index (χ4v) is 1.67. The normalized spacial score (nSPS) is 10.4. The van der Waals surface area contributed by atoms with Gasteiger partial charge in [-0.1, -0.05) is 23.2 Å². The summed E-state index contributed by atoms with van der Waals surface area (Å²) in [6.45, 7) is 0. The number of amides is 1. The van der Waals surface area contributed by atoms with Crippen molar-refractivity contribution in [2.75, 3.05) is 5.32 Å². The Morgan fingerprint density at radius 1 is 1.10 bits per heavy atom. The van der Waals surface area contributed by atoms with Crippen molar-refractivity contribution < 1.29 is 18.0 Å². The van der Waals surface area contributed by atoms with Crippen LogP contribution in [-0.2, 0) is 0 Å². The van der Waals surface area contributed by atoms with Crippen LogP contribution in [0.15, 0.2) is 18.2 Å². The minimum Gasteiger partial charge on any atom is -0.319 e. The van der Waals surface area contributed by atoms with Crippen molar-refractivity contribution in [1.29, 1.82) is 0 Å². The van der Waals surface area contributed by atoms with Crippen LogP contribution >= 0.6 is 23.2 Å². The summed E-state index contributed by atoms with van der Waals surface area (Å²) in [5.41, 5.74) is -0.882. The first-order chi connectivity index (χ1) is 9.38. The molecule has 0 saturated heterocycles. The molecule has 0 saturated carbocycles. The number of nitrogens with zero attached hydrogens (tertiary/aromatic N) is 2. The zero-order chi connectivity index (χ0) is 14.9. The molecule has 0 spiro atoms. The Hall–Kier alpha value is -1.86. The molecule has 20 heavy (non-hydrogen) atoms. The number of nitrogens with one attached hydrogen (secondary N) is 1. The van der Waals surface area contributed by atoms with Crippen molar-refractivity contribution in [2.24, 2.45) is 0 Å². The Kier molecular flexibility index (Phi) is 4.10. The Labute approximate surface area is 120 Å². The minimum atomic E-state index is -1.43. The summed E-state index contributed by atoms with van der Waals surface area (Å²) in [7, 11) is 0. The maximum atomic E-state index is 13.4. The van der Waals surface area contributed by atoms with Crippen LogP contribution in [0.25, 0.3) is 0 Å². The van der Waals surface area contributed by atoms with Crippen molar-refractivity contribution in [3.63, 3.8) is 0 Å². The summed E-state index contributed by atoms with van der Waals surface area (Å²) in [5, 5.41) is 8.33. The number of benzene rings is 1. The van der Waals surface area contributed by atoms with Gasteiger partial charge in [0, 0.05) is 12.1 Å². The number of anilines is 1. The largest absolute Gasteiger partial charge is 0.319 e. The molecule has 2 aromatic rings. The van der Waals surface area contributed by atoms with Crippen LogP contribution in [0.4, 0.5) is 18.9 Å². The van der Waals surface area contributed by atoms with Gasteiger partial charge in [-0.2, -0.15) is 0 Å². The summed E-state index contributed by atoms with van der Waals surface area (Å²) in [6.07, 6.45) is 0. The highest BCUT2D eigenvalue weighted by molar-refractivity contribution is 6.34. The van der Waals surface area contributed by atoms with Crippen LogP contribution in [-0.4, -0.2) is 16.1 Å². The molecule has 0 aliphatic heterocycles. The van der Waals surface area contributed by atoms with Crippen LogP contribution in [0.3, 0.4) is 0 Å². The Bertz CT molecular complexity index is 697. The molecule has 1 aromatic carbocycles. The number of carbonyl (C=O) groups is 1. The molecular weight excluding hydrogens is 318 g/mol. The van der Waals surface area contributed by atoms with E-state index in [1.807, 2.05) is 5.32 Å². The number of hydrogen-bond donors (Lipinski definition) is 1. The van der Waals surface area contributed by atoms with Crippen molar-refractivity contribution in [1.82, 2.24) is 10.2 Å². The zero-order valence-electron chi connectivity index (χ0n) is 9.42. The first kappa shape index (κ1) is 14.5. The van der Waals surface area contributed by atoms with Crippen LogP contribution in [0.5, 0.6) is 0 Å². The SMILES string of the molecule is O=C(Nc1cc(F)cc(F)c1F)c1cc(Cl)nnc1Cl. The van der Waals surface area contributed by atoms with Crippen molar-refractivity contribution in [2.45, 2.75) is 0 Å². The van der Waals surface area contributed by atoms with E-state index in [-0.39, 0.29) is 15.9 Å². The van der Waals surface area contributed by atoms with E-state index in [2.05, 4.69) is 10.2 Å². The number of halogens is 5. The second-order valence-corrected chi connectivity index (χ2v) is 4.32. The molecule has 0 aliphatic rings. The van der Waals surface area contributed by atoms with Gasteiger partial charge < -0.3 is 5.32 Å². The molecular formula is C11H4Cl2F3N3O. The van der Waals surface area contributed by atoms with Crippen molar-refractivity contribution in [3.05, 3.63) is 51.5 Å². The van der Waals surface area contributed by atoms with Gasteiger partial charge in [0.25, 0.3) is 5.91 Å². The number of aromatic nitrogens is 2. The van der Waals surface area contributed by atoms with Crippen LogP contribution < -0.4 is 5.32 Å². The van der Waals surface area contributed by atoms with Gasteiger partial charge in [0.05, 0.1) is 11.3 Å². The van der Waals surface area contributed by atoms with Crippen LogP contribution in [0.1, 0.15) is 10.4 Å². The van der Waals surface area contributed by atoms with Crippen LogP contribution in [0, 0.1) is 17.5 Å². The molecule has 1 N–H and O–H groups in total. The number of carbonyl (C=O) groups excluding carboxylic acids is 1. The van der Waals surface area contributed by atoms with Crippen molar-refractivity contribution in [3.8, 4) is 0 Å². The summed E-state index contributed by atoms with van der Waals surface area (Å²) in [6, 6.07) is 2.06. The maximum Gasteiger partial charge on any atom is 0.259 e. The lowest BCUT2D eigenvalue weighted by atomic mass is 10.2. The summed E-state index contributed by atoms with van der Waals surface area (Å²) in [4.78, 5) is 11.8. The molecule has 0 unspecified atom stereocenters. The molecule has 1 amide bonds. The molecule has 1 heterocycles. The van der Waals surface area contributed by atoms with E-state index in [1.165, 1.54) is 0 Å². The zero-order valence-corrected chi connectivity index (χ0v) is 10.9. The van der Waals surface area contributed by atoms with E-state index in [0.717, 1.165) is 6.07 Å². The summed E-state index contributed by atoms with van der Waals surface area (Å²) >= 11 is 11.2. The highest BCUT2D eigenvalue weighted by atomic mass is 35.5. The lowest BCUT2D eigenvalue weighted by molar-refractivity contribution is 0.102. The van der Waals surface area contributed by atoms with Gasteiger partial charge in [-0.05, 0) is 6.07 Å². The lowest BCUT2D eigenvalue weighted by Gasteiger charge is -2.08. The van der Waals surface area contributed by atoms with E-state index >= 15 is 0 Å². The second-order valence-electron chi connectivity index (χ2n) is 3.57. The maximum absolute atomic E-state index is 13.4. The highest BCUT2D eigenvalue weighted by Gasteiger charge is 2.17. The predicted molar refractivity (Wildman–Crippen MR) is 66.3 cm³/mol. The van der Waals surface area contributed by atoms with Gasteiger partial charge in [-0.3, -0.25) is 4.79 Å². The third kappa shape index (κ3) is 3.00. The van der Waals surface area contributed by atoms with Crippen molar-refractivity contribution >= 4 is 34.8 Å². The topological polar surface area (TPSA) is 54.9 Å². The quantitative estimate of drug-likeness (QED) is 0.862. The Morgan fingerprint density at radius 2 is 1.80 bits per heavy atom. The lowest BCUT2D eigenvalue weighted by Crippen LogP contribution is -2.15. The molecule has 0 bridgehead atoms. The first-order valence-corrected chi connectivity index (χ1v) is 5.78. The van der Waals surface area contributed by atoms with Gasteiger partial charge in [0.15, 0.2) is 21.9 Å². The van der Waals surface area contributed by atoms with Gasteiger partial charge in [-0.15, -0.1) is 10.2 Å². The average molecular weight is 322 g/mol. The standard InChI is InChI=1S/C11H4Cl2F3N3O/c12-8-3-5(10(13)19-18-8)11(20)17-7-2-4(14)1-6(15)9(7)16/h1-3H,(H,17,20). The summed E-state index contributed by atoms with van der Waals surface area (Å²) < 4.78 is 39.4. The van der Waals surface area contributed by atoms with E-state index in [1.54, 1.807) is 0 Å². The van der Waals surface area contributed by atoms with Gasteiger partial charge in [0.1, 0.15) is 5.82 Å². The predicted octanol–water partition coefficient (Wildman–Crippen LogP) is 3.45. The Morgan fingerprint density at radius 3 is 2.50 bits per heavy atom. The fourth-order valence-electron chi connectivity index (χ4n) is 1.35. The molecule has 0 aliphatic carbocycles. The molecule has 0 radical (unpaired) electrons. The van der Waals surface area contributed by atoms with Gasteiger partial charge >= 0.3 is 0 Å². The monoisotopic (exact) mass is 321 g/mol. The van der Waals surface area contributed by atoms with E-state index in [0.29, 0.717) is 12.1 Å². The third-order valence-electron chi connectivity index (χ3n) is 2.20. The van der Waals surface area contributed by atoms with Gasteiger partial charge in [-0.25, -0.2) is 13.2 Å². The summed E-state index contributed by atoms with van der Waals surface area (Å²) in [5.74, 6) is -4.81. The molecule has 2 rings (SSSR count). The van der Waals surface area contributed by atoms with E-state index < -0.39 is 29.0 Å². The van der Waals surface area contributed by atoms with E-state index in [9.17, 15) is 18.0 Å². The minimum absolute atomic E-state index is 0.120. The van der Waals surface area contributed by atoms with E-state index in [4.69, 9.17) is 23.2 Å². The molecule has 1 aromatic heterocycles. The third-order valence-corrected chi connectivity index (χ3v) is 2.67. The Balaban J connectivity index is 2.35. The molecule has 9 heteroatoms. The van der Waals surface area contributed by atoms with Crippen LogP contribution in [0.2, 0.25) is 10.3 Å². The first-order valence-electron chi connectivity index (χ1n) is 5.03. The highest BCUT2D eigenvalue weighted by Crippen LogP contribution is 2.22. The second kappa shape index (κ2) is 5.64. The number of rotatable bonds is 2. The fraction of sp³-hybridized carbons (Fsp3) is 0. The molecule has 0 fully saturated rings. The molecule has 104 valence electrons. The smallest absolute Gasteiger partial charge is 0.259 e. The van der Waals surface area contributed by atoms with Gasteiger partial charge in [0.2, 0.25) is 0 Å². The molecule has 0 atom stereocenters. The molecule has 4 nitrogen and oxygen atoms in total.